The molecule has 0 aromatic heterocycles. The molecule has 0 aliphatic carbocycles. The lowest BCUT2D eigenvalue weighted by Crippen LogP contribution is -2.32. The van der Waals surface area contributed by atoms with Gasteiger partial charge in [-0.2, -0.15) is 0 Å². The topological polar surface area (TPSA) is 49.4 Å². The SMILES string of the molecule is CC(=O)N(CCC(=O)Nc1c(C)cc(C)cc1Cl)c1ccc(F)c(F)c1. The number of carbonyl (C=O) groups excluding carboxylic acids is 2. The molecule has 0 spiro atoms. The van der Waals surface area contributed by atoms with E-state index in [9.17, 15) is 18.4 Å². The normalized spacial score (nSPS) is 10.5. The highest BCUT2D eigenvalue weighted by atomic mass is 35.5. The van der Waals surface area contributed by atoms with Crippen LogP contribution < -0.4 is 10.2 Å². The highest BCUT2D eigenvalue weighted by Gasteiger charge is 2.16. The Labute approximate surface area is 155 Å². The Morgan fingerprint density at radius 2 is 1.81 bits per heavy atom. The Balaban J connectivity index is 2.08. The molecule has 0 atom stereocenters. The highest BCUT2D eigenvalue weighted by Crippen LogP contribution is 2.27. The van der Waals surface area contributed by atoms with Gasteiger partial charge in [-0.15, -0.1) is 0 Å². The minimum absolute atomic E-state index is 0.0226. The number of carbonyl (C=O) groups is 2. The molecule has 1 N–H and O–H groups in total. The van der Waals surface area contributed by atoms with Gasteiger partial charge in [0.05, 0.1) is 10.7 Å². The van der Waals surface area contributed by atoms with E-state index < -0.39 is 11.6 Å². The minimum Gasteiger partial charge on any atom is -0.324 e. The van der Waals surface area contributed by atoms with Gasteiger partial charge in [0, 0.05) is 31.6 Å². The number of benzene rings is 2. The number of anilines is 2. The maximum atomic E-state index is 13.4. The van der Waals surface area contributed by atoms with Crippen molar-refractivity contribution < 1.29 is 18.4 Å². The van der Waals surface area contributed by atoms with Crippen molar-refractivity contribution in [2.24, 2.45) is 0 Å². The van der Waals surface area contributed by atoms with Crippen LogP contribution in [0, 0.1) is 25.5 Å². The van der Waals surface area contributed by atoms with Crippen molar-refractivity contribution in [2.75, 3.05) is 16.8 Å². The third kappa shape index (κ3) is 4.79. The third-order valence-corrected chi connectivity index (χ3v) is 4.15. The van der Waals surface area contributed by atoms with Crippen molar-refractivity contribution in [2.45, 2.75) is 27.2 Å². The summed E-state index contributed by atoms with van der Waals surface area (Å²) in [5.41, 5.74) is 2.51. The number of hydrogen-bond acceptors (Lipinski definition) is 2. The van der Waals surface area contributed by atoms with Crippen molar-refractivity contribution in [1.29, 1.82) is 0 Å². The maximum absolute atomic E-state index is 13.4. The zero-order chi connectivity index (χ0) is 19.4. The number of halogens is 3. The van der Waals surface area contributed by atoms with Crippen LogP contribution in [0.3, 0.4) is 0 Å². The molecule has 0 saturated carbocycles. The second-order valence-electron chi connectivity index (χ2n) is 6.01. The lowest BCUT2D eigenvalue weighted by atomic mass is 10.1. The first-order chi connectivity index (χ1) is 12.2. The number of amides is 2. The van der Waals surface area contributed by atoms with Crippen LogP contribution in [-0.4, -0.2) is 18.4 Å². The smallest absolute Gasteiger partial charge is 0.226 e. The standard InChI is InChI=1S/C19H19ClF2N2O2/c1-11-8-12(2)19(15(20)9-11)23-18(26)6-7-24(13(3)25)14-4-5-16(21)17(22)10-14/h4-5,8-10H,6-7H2,1-3H3,(H,23,26). The van der Waals surface area contributed by atoms with Crippen LogP contribution in [0.4, 0.5) is 20.2 Å². The summed E-state index contributed by atoms with van der Waals surface area (Å²) >= 11 is 6.16. The van der Waals surface area contributed by atoms with Crippen molar-refractivity contribution in [3.05, 3.63) is 58.1 Å². The van der Waals surface area contributed by atoms with Gasteiger partial charge in [0.25, 0.3) is 0 Å². The number of rotatable bonds is 5. The lowest BCUT2D eigenvalue weighted by molar-refractivity contribution is -0.117. The van der Waals surface area contributed by atoms with Crippen LogP contribution in [0.2, 0.25) is 5.02 Å². The number of nitrogens with one attached hydrogen (secondary N) is 1. The molecule has 26 heavy (non-hydrogen) atoms. The summed E-state index contributed by atoms with van der Waals surface area (Å²) in [6.45, 7) is 5.05. The number of aryl methyl sites for hydroxylation is 2. The molecule has 0 aliphatic heterocycles. The van der Waals surface area contributed by atoms with Gasteiger partial charge >= 0.3 is 0 Å². The first-order valence-corrected chi connectivity index (χ1v) is 8.36. The second kappa shape index (κ2) is 8.27. The summed E-state index contributed by atoms with van der Waals surface area (Å²) in [6, 6.07) is 6.79. The van der Waals surface area contributed by atoms with Crippen molar-refractivity contribution in [1.82, 2.24) is 0 Å². The Morgan fingerprint density at radius 3 is 2.38 bits per heavy atom. The fourth-order valence-corrected chi connectivity index (χ4v) is 2.98. The minimum atomic E-state index is -1.06. The van der Waals surface area contributed by atoms with E-state index in [2.05, 4.69) is 5.32 Å². The van der Waals surface area contributed by atoms with Crippen LogP contribution in [0.1, 0.15) is 24.5 Å². The van der Waals surface area contributed by atoms with Gasteiger partial charge in [0.1, 0.15) is 0 Å². The van der Waals surface area contributed by atoms with Crippen LogP contribution in [-0.2, 0) is 9.59 Å². The summed E-state index contributed by atoms with van der Waals surface area (Å²) < 4.78 is 26.5. The van der Waals surface area contributed by atoms with E-state index in [4.69, 9.17) is 11.6 Å². The molecule has 0 unspecified atom stereocenters. The summed E-state index contributed by atoms with van der Waals surface area (Å²) in [5.74, 6) is -2.78. The number of hydrogen-bond donors (Lipinski definition) is 1. The molecule has 0 fully saturated rings. The molecule has 0 saturated heterocycles. The summed E-state index contributed by atoms with van der Waals surface area (Å²) in [6.07, 6.45) is -0.0256. The first-order valence-electron chi connectivity index (χ1n) is 7.98. The maximum Gasteiger partial charge on any atom is 0.226 e. The monoisotopic (exact) mass is 380 g/mol. The van der Waals surface area contributed by atoms with Crippen LogP contribution in [0.25, 0.3) is 0 Å². The molecule has 2 rings (SSSR count). The van der Waals surface area contributed by atoms with Gasteiger partial charge in [0.15, 0.2) is 11.6 Å². The molecule has 2 aromatic rings. The van der Waals surface area contributed by atoms with Crippen molar-refractivity contribution in [3.63, 3.8) is 0 Å². The van der Waals surface area contributed by atoms with Gasteiger partial charge in [0.2, 0.25) is 11.8 Å². The van der Waals surface area contributed by atoms with Crippen LogP contribution in [0.5, 0.6) is 0 Å². The molecule has 138 valence electrons. The summed E-state index contributed by atoms with van der Waals surface area (Å²) in [7, 11) is 0. The van der Waals surface area contributed by atoms with E-state index in [0.717, 1.165) is 23.3 Å². The highest BCUT2D eigenvalue weighted by molar-refractivity contribution is 6.34. The third-order valence-electron chi connectivity index (χ3n) is 3.85. The van der Waals surface area contributed by atoms with Gasteiger partial charge in [-0.1, -0.05) is 17.7 Å². The quantitative estimate of drug-likeness (QED) is 0.823. The van der Waals surface area contributed by atoms with Crippen molar-refractivity contribution >= 4 is 34.8 Å². The van der Waals surface area contributed by atoms with Crippen molar-refractivity contribution in [3.8, 4) is 0 Å². The molecule has 0 bridgehead atoms. The van der Waals surface area contributed by atoms with E-state index in [1.54, 1.807) is 6.07 Å². The second-order valence-corrected chi connectivity index (χ2v) is 6.41. The Hall–Kier alpha value is -2.47. The lowest BCUT2D eigenvalue weighted by Gasteiger charge is -2.21. The molecule has 7 heteroatoms. The first kappa shape index (κ1) is 19.8. The largest absolute Gasteiger partial charge is 0.324 e. The molecule has 0 aliphatic rings. The molecule has 2 aromatic carbocycles. The van der Waals surface area contributed by atoms with E-state index in [-0.39, 0.29) is 30.5 Å². The van der Waals surface area contributed by atoms with E-state index in [0.29, 0.717) is 10.7 Å². The molecule has 0 heterocycles. The zero-order valence-corrected chi connectivity index (χ0v) is 15.5. The molecule has 2 amide bonds. The van der Waals surface area contributed by atoms with Gasteiger partial charge < -0.3 is 10.2 Å². The van der Waals surface area contributed by atoms with Gasteiger partial charge in [-0.3, -0.25) is 9.59 Å². The predicted molar refractivity (Wildman–Crippen MR) is 98.6 cm³/mol. The van der Waals surface area contributed by atoms with E-state index in [1.807, 2.05) is 19.9 Å². The molecular weight excluding hydrogens is 362 g/mol. The van der Waals surface area contributed by atoms with Gasteiger partial charge in [-0.25, -0.2) is 8.78 Å². The van der Waals surface area contributed by atoms with Crippen LogP contribution in [0.15, 0.2) is 30.3 Å². The summed E-state index contributed by atoms with van der Waals surface area (Å²) in [4.78, 5) is 25.3. The van der Waals surface area contributed by atoms with E-state index in [1.165, 1.54) is 17.9 Å². The molecule has 0 radical (unpaired) electrons. The summed E-state index contributed by atoms with van der Waals surface area (Å²) in [5, 5.41) is 3.16. The zero-order valence-electron chi connectivity index (χ0n) is 14.7. The average molecular weight is 381 g/mol. The Bertz CT molecular complexity index is 832. The Kier molecular flexibility index (Phi) is 6.32. The van der Waals surface area contributed by atoms with Crippen LogP contribution >= 0.6 is 11.6 Å². The molecular formula is C19H19ClF2N2O2. The Morgan fingerprint density at radius 1 is 1.12 bits per heavy atom. The number of nitrogens with zero attached hydrogens (tertiary/aromatic N) is 1. The fraction of sp³-hybridized carbons (Fsp3) is 0.263. The van der Waals surface area contributed by atoms with E-state index >= 15 is 0 Å². The average Bonchev–Trinajstić information content (AvgIpc) is 2.54. The molecule has 4 nitrogen and oxygen atoms in total. The predicted octanol–water partition coefficient (Wildman–Crippen LogP) is 4.62. The fourth-order valence-electron chi connectivity index (χ4n) is 2.61. The van der Waals surface area contributed by atoms with Gasteiger partial charge in [-0.05, 0) is 43.2 Å².